The Kier molecular flexibility index (Phi) is 3.93. The molecule has 0 unspecified atom stereocenters. The van der Waals surface area contributed by atoms with Crippen LogP contribution in [0.25, 0.3) is 5.57 Å². The van der Waals surface area contributed by atoms with Gasteiger partial charge in [-0.1, -0.05) is 30.3 Å². The molecular weight excluding hydrogens is 285 g/mol. The highest BCUT2D eigenvalue weighted by Crippen LogP contribution is 2.41. The van der Waals surface area contributed by atoms with Crippen molar-refractivity contribution in [2.24, 2.45) is 5.11 Å². The summed E-state index contributed by atoms with van der Waals surface area (Å²) < 4.78 is 44.5. The quantitative estimate of drug-likeness (QED) is 0.861. The van der Waals surface area contributed by atoms with Crippen LogP contribution in [0.15, 0.2) is 52.5 Å². The number of carbonyl (C=O) groups excluding carboxylic acids is 1. The Balaban J connectivity index is 2.75. The summed E-state index contributed by atoms with van der Waals surface area (Å²) in [7, 11) is 0. The van der Waals surface area contributed by atoms with Gasteiger partial charge in [-0.2, -0.15) is 13.2 Å². The molecule has 1 aromatic rings. The van der Waals surface area contributed by atoms with E-state index in [0.717, 1.165) is 6.92 Å². The van der Waals surface area contributed by atoms with Crippen molar-refractivity contribution in [1.29, 1.82) is 5.53 Å². The Morgan fingerprint density at radius 2 is 1.90 bits per heavy atom. The summed E-state index contributed by atoms with van der Waals surface area (Å²) in [5, 5.41) is 2.76. The van der Waals surface area contributed by atoms with Gasteiger partial charge >= 0.3 is 6.18 Å². The van der Waals surface area contributed by atoms with Crippen molar-refractivity contribution in [3.05, 3.63) is 52.9 Å². The zero-order valence-electron chi connectivity index (χ0n) is 11.0. The van der Waals surface area contributed by atoms with E-state index in [1.807, 2.05) is 0 Å². The number of nitrogens with zero attached hydrogens (tertiary/aromatic N) is 1. The van der Waals surface area contributed by atoms with Gasteiger partial charge in [0.25, 0.3) is 0 Å². The second kappa shape index (κ2) is 5.51. The Morgan fingerprint density at radius 1 is 1.29 bits per heavy atom. The van der Waals surface area contributed by atoms with E-state index in [4.69, 9.17) is 10.3 Å². The maximum Gasteiger partial charge on any atom is 0.422 e. The number of halogens is 3. The van der Waals surface area contributed by atoms with Gasteiger partial charge in [0.05, 0.1) is 0 Å². The summed E-state index contributed by atoms with van der Waals surface area (Å²) in [6.45, 7) is 0.813. The van der Waals surface area contributed by atoms with E-state index in [0.29, 0.717) is 5.56 Å². The van der Waals surface area contributed by atoms with E-state index in [9.17, 15) is 18.0 Å². The lowest BCUT2D eigenvalue weighted by molar-refractivity contribution is -0.117. The third kappa shape index (κ3) is 2.86. The van der Waals surface area contributed by atoms with Gasteiger partial charge in [-0.05, 0) is 12.5 Å². The molecule has 1 aromatic carbocycles. The lowest BCUT2D eigenvalue weighted by Gasteiger charge is -2.24. The number of allylic oxidation sites excluding steroid dienone is 2. The molecule has 0 atom stereocenters. The average molecular weight is 296 g/mol. The molecule has 1 heterocycles. The monoisotopic (exact) mass is 296 g/mol. The molecule has 0 aliphatic carbocycles. The summed E-state index contributed by atoms with van der Waals surface area (Å²) in [4.78, 5) is 11.8. The van der Waals surface area contributed by atoms with Gasteiger partial charge in [0.2, 0.25) is 5.88 Å². The lowest BCUT2D eigenvalue weighted by atomic mass is 9.91. The van der Waals surface area contributed by atoms with E-state index in [-0.39, 0.29) is 12.2 Å². The van der Waals surface area contributed by atoms with Gasteiger partial charge in [-0.15, -0.1) is 5.11 Å². The molecule has 0 radical (unpaired) electrons. The molecular formula is C14H11F3N2O2. The van der Waals surface area contributed by atoms with Crippen LogP contribution in [0.5, 0.6) is 0 Å². The summed E-state index contributed by atoms with van der Waals surface area (Å²) in [6, 6.07) is 8.21. The van der Waals surface area contributed by atoms with Crippen LogP contribution in [0.1, 0.15) is 12.5 Å². The molecule has 0 bridgehead atoms. The minimum atomic E-state index is -4.83. The number of carbonyl (C=O) groups is 1. The molecule has 0 amide bonds. The third-order valence-electron chi connectivity index (χ3n) is 2.98. The van der Waals surface area contributed by atoms with E-state index in [1.165, 1.54) is 0 Å². The van der Waals surface area contributed by atoms with Crippen molar-refractivity contribution in [2.75, 3.05) is 6.61 Å². The first-order valence-corrected chi connectivity index (χ1v) is 5.98. The molecule has 1 aliphatic heterocycles. The first-order valence-electron chi connectivity index (χ1n) is 5.98. The fourth-order valence-electron chi connectivity index (χ4n) is 2.15. The van der Waals surface area contributed by atoms with Crippen LogP contribution in [0.2, 0.25) is 0 Å². The molecule has 7 heteroatoms. The highest BCUT2D eigenvalue weighted by molar-refractivity contribution is 6.06. The smallest absolute Gasteiger partial charge is 0.422 e. The summed E-state index contributed by atoms with van der Waals surface area (Å²) in [5.74, 6) is -1.63. The van der Waals surface area contributed by atoms with Gasteiger partial charge in [0.15, 0.2) is 5.78 Å². The maximum absolute atomic E-state index is 13.2. The predicted molar refractivity (Wildman–Crippen MR) is 68.2 cm³/mol. The van der Waals surface area contributed by atoms with Gasteiger partial charge < -0.3 is 4.74 Å². The third-order valence-corrected chi connectivity index (χ3v) is 2.98. The van der Waals surface area contributed by atoms with Crippen LogP contribution >= 0.6 is 0 Å². The molecule has 4 nitrogen and oxygen atoms in total. The number of rotatable bonds is 3. The topological polar surface area (TPSA) is 62.5 Å². The SMILES string of the molecule is CC(=O)C1=C(c2ccccc2)COC(N=N)=C1C(F)(F)F. The number of alkyl halides is 3. The number of hydrogen-bond donors (Lipinski definition) is 1. The largest absolute Gasteiger partial charge is 0.471 e. The van der Waals surface area contributed by atoms with E-state index < -0.39 is 29.0 Å². The van der Waals surface area contributed by atoms with Crippen LogP contribution < -0.4 is 0 Å². The Labute approximate surface area is 118 Å². The van der Waals surface area contributed by atoms with Crippen molar-refractivity contribution in [3.63, 3.8) is 0 Å². The molecule has 1 aliphatic rings. The number of benzene rings is 1. The van der Waals surface area contributed by atoms with Crippen LogP contribution in [-0.2, 0) is 9.53 Å². The first kappa shape index (κ1) is 15.0. The van der Waals surface area contributed by atoms with Gasteiger partial charge in [0.1, 0.15) is 12.2 Å². The second-order valence-electron chi connectivity index (χ2n) is 4.35. The van der Waals surface area contributed by atoms with Crippen molar-refractivity contribution in [3.8, 4) is 0 Å². The molecule has 1 N–H and O–H groups in total. The summed E-state index contributed by atoms with van der Waals surface area (Å²) in [6.07, 6.45) is -4.83. The van der Waals surface area contributed by atoms with Gasteiger partial charge in [-0.3, -0.25) is 4.79 Å². The summed E-state index contributed by atoms with van der Waals surface area (Å²) >= 11 is 0. The van der Waals surface area contributed by atoms with Crippen LogP contribution in [0.4, 0.5) is 13.2 Å². The standard InChI is InChI=1S/C14H11F3N2O2/c1-8(20)11-10(9-5-3-2-4-6-9)7-21-13(19-18)12(11)14(15,16)17/h2-6,18H,7H2,1H3. The number of ketones is 1. The fraction of sp³-hybridized carbons (Fsp3) is 0.214. The molecule has 0 saturated carbocycles. The molecule has 2 rings (SSSR count). The van der Waals surface area contributed by atoms with E-state index in [1.54, 1.807) is 30.3 Å². The minimum absolute atomic E-state index is 0.142. The van der Waals surface area contributed by atoms with Gasteiger partial charge in [0, 0.05) is 11.1 Å². The number of hydrogen-bond acceptors (Lipinski definition) is 4. The zero-order valence-corrected chi connectivity index (χ0v) is 11.0. The van der Waals surface area contributed by atoms with Gasteiger partial charge in [-0.25, -0.2) is 5.53 Å². The fourth-order valence-corrected chi connectivity index (χ4v) is 2.15. The van der Waals surface area contributed by atoms with Crippen molar-refractivity contribution < 1.29 is 22.7 Å². The van der Waals surface area contributed by atoms with Crippen LogP contribution in [-0.4, -0.2) is 18.6 Å². The van der Waals surface area contributed by atoms with Crippen molar-refractivity contribution in [1.82, 2.24) is 0 Å². The molecule has 0 aromatic heterocycles. The summed E-state index contributed by atoms with van der Waals surface area (Å²) in [5.41, 5.74) is 5.63. The molecule has 0 fully saturated rings. The minimum Gasteiger partial charge on any atom is -0.471 e. The highest BCUT2D eigenvalue weighted by Gasteiger charge is 2.44. The lowest BCUT2D eigenvalue weighted by Crippen LogP contribution is -2.25. The van der Waals surface area contributed by atoms with Crippen molar-refractivity contribution in [2.45, 2.75) is 13.1 Å². The Morgan fingerprint density at radius 3 is 2.38 bits per heavy atom. The van der Waals surface area contributed by atoms with Crippen LogP contribution in [0.3, 0.4) is 0 Å². The maximum atomic E-state index is 13.2. The van der Waals surface area contributed by atoms with E-state index in [2.05, 4.69) is 5.11 Å². The molecule has 0 spiro atoms. The Hall–Kier alpha value is -2.44. The molecule has 0 saturated heterocycles. The second-order valence-corrected chi connectivity index (χ2v) is 4.35. The van der Waals surface area contributed by atoms with Crippen molar-refractivity contribution >= 4 is 11.4 Å². The average Bonchev–Trinajstić information content (AvgIpc) is 2.45. The first-order chi connectivity index (χ1) is 9.86. The molecule has 21 heavy (non-hydrogen) atoms. The number of ether oxygens (including phenoxy) is 1. The molecule has 110 valence electrons. The highest BCUT2D eigenvalue weighted by atomic mass is 19.4. The zero-order chi connectivity index (χ0) is 15.6. The predicted octanol–water partition coefficient (Wildman–Crippen LogP) is 3.86. The number of Topliss-reactive ketones (excluding diaryl/α,β-unsaturated/α-hetero) is 1. The number of nitrogens with one attached hydrogen (secondary N) is 1. The Bertz CT molecular complexity index is 646. The van der Waals surface area contributed by atoms with Crippen LogP contribution in [0, 0.1) is 5.53 Å². The normalized spacial score (nSPS) is 15.8. The van der Waals surface area contributed by atoms with E-state index >= 15 is 0 Å².